The predicted octanol–water partition coefficient (Wildman–Crippen LogP) is -2.58. The quantitative estimate of drug-likeness (QED) is 0.395. The number of ketones is 1. The molecule has 0 radical (unpaired) electrons. The Morgan fingerprint density at radius 2 is 1.93 bits per heavy atom. The molecule has 1 unspecified atom stereocenters. The summed E-state index contributed by atoms with van der Waals surface area (Å²) in [6, 6.07) is 0. The summed E-state index contributed by atoms with van der Waals surface area (Å²) in [5.74, 6) is -0.705. The standard InChI is InChI=1S/C8H14O6/c1-3(9)5(11)8-7(13)6(12)4(10)2-14-8/h3-4,6-10,12-13H,2H2,1H3/t3?,4-,6-,7+,8-/m1/s1. The average Bonchev–Trinajstić information content (AvgIpc) is 2.13. The van der Waals surface area contributed by atoms with Gasteiger partial charge in [0.2, 0.25) is 0 Å². The van der Waals surface area contributed by atoms with Gasteiger partial charge in [-0.2, -0.15) is 0 Å². The molecule has 1 aliphatic rings. The van der Waals surface area contributed by atoms with Crippen LogP contribution in [-0.4, -0.2) is 63.3 Å². The molecule has 1 rings (SSSR count). The van der Waals surface area contributed by atoms with E-state index < -0.39 is 36.3 Å². The molecular weight excluding hydrogens is 192 g/mol. The van der Waals surface area contributed by atoms with Gasteiger partial charge in [-0.05, 0) is 6.92 Å². The first-order valence-corrected chi connectivity index (χ1v) is 4.32. The zero-order valence-electron chi connectivity index (χ0n) is 7.70. The highest BCUT2D eigenvalue weighted by atomic mass is 16.5. The minimum Gasteiger partial charge on any atom is -0.388 e. The van der Waals surface area contributed by atoms with Gasteiger partial charge in [0.05, 0.1) is 6.61 Å². The first-order valence-electron chi connectivity index (χ1n) is 4.32. The maximum Gasteiger partial charge on any atom is 0.192 e. The van der Waals surface area contributed by atoms with E-state index in [1.165, 1.54) is 6.92 Å². The van der Waals surface area contributed by atoms with Gasteiger partial charge >= 0.3 is 0 Å². The Kier molecular flexibility index (Phi) is 3.57. The van der Waals surface area contributed by atoms with Crippen LogP contribution in [0.5, 0.6) is 0 Å². The average molecular weight is 206 g/mol. The molecule has 0 aromatic carbocycles. The zero-order chi connectivity index (χ0) is 10.9. The summed E-state index contributed by atoms with van der Waals surface area (Å²) in [6.07, 6.45) is -6.66. The van der Waals surface area contributed by atoms with E-state index >= 15 is 0 Å². The van der Waals surface area contributed by atoms with E-state index in [-0.39, 0.29) is 6.61 Å². The molecule has 0 aliphatic carbocycles. The Hall–Kier alpha value is -0.530. The summed E-state index contributed by atoms with van der Waals surface area (Å²) in [5, 5.41) is 36.6. The first kappa shape index (κ1) is 11.5. The lowest BCUT2D eigenvalue weighted by Crippen LogP contribution is -2.57. The van der Waals surface area contributed by atoms with Crippen molar-refractivity contribution in [3.63, 3.8) is 0 Å². The van der Waals surface area contributed by atoms with Crippen molar-refractivity contribution in [2.45, 2.75) is 37.4 Å². The van der Waals surface area contributed by atoms with Gasteiger partial charge < -0.3 is 25.2 Å². The van der Waals surface area contributed by atoms with E-state index in [1.807, 2.05) is 0 Å². The number of hydrogen-bond acceptors (Lipinski definition) is 6. The van der Waals surface area contributed by atoms with E-state index in [1.54, 1.807) is 0 Å². The third kappa shape index (κ3) is 2.10. The Bertz CT molecular complexity index is 216. The Morgan fingerprint density at radius 1 is 1.36 bits per heavy atom. The highest BCUT2D eigenvalue weighted by molar-refractivity contribution is 5.87. The second-order valence-corrected chi connectivity index (χ2v) is 3.38. The molecule has 1 fully saturated rings. The van der Waals surface area contributed by atoms with Gasteiger partial charge in [-0.25, -0.2) is 0 Å². The molecule has 6 nitrogen and oxygen atoms in total. The number of carbonyl (C=O) groups excluding carboxylic acids is 1. The van der Waals surface area contributed by atoms with Crippen LogP contribution in [0.4, 0.5) is 0 Å². The first-order chi connectivity index (χ1) is 6.45. The second kappa shape index (κ2) is 4.33. The van der Waals surface area contributed by atoms with Crippen molar-refractivity contribution in [1.82, 2.24) is 0 Å². The van der Waals surface area contributed by atoms with Crippen LogP contribution < -0.4 is 0 Å². The number of carbonyl (C=O) groups is 1. The molecule has 0 aromatic heterocycles. The topological polar surface area (TPSA) is 107 Å². The fraction of sp³-hybridized carbons (Fsp3) is 0.875. The monoisotopic (exact) mass is 206 g/mol. The molecule has 0 aromatic rings. The van der Waals surface area contributed by atoms with Gasteiger partial charge in [-0.15, -0.1) is 0 Å². The Labute approximate surface area is 80.7 Å². The van der Waals surface area contributed by atoms with Crippen molar-refractivity contribution in [3.05, 3.63) is 0 Å². The lowest BCUT2D eigenvalue weighted by molar-refractivity contribution is -0.194. The summed E-state index contributed by atoms with van der Waals surface area (Å²) in [5.41, 5.74) is 0. The number of aliphatic hydroxyl groups is 4. The number of hydrogen-bond donors (Lipinski definition) is 4. The molecule has 1 aliphatic heterocycles. The van der Waals surface area contributed by atoms with Crippen LogP contribution in [0.2, 0.25) is 0 Å². The normalized spacial score (nSPS) is 40.6. The van der Waals surface area contributed by atoms with Crippen molar-refractivity contribution in [2.75, 3.05) is 6.61 Å². The largest absolute Gasteiger partial charge is 0.388 e. The molecular formula is C8H14O6. The Balaban J connectivity index is 2.68. The maximum absolute atomic E-state index is 11.2. The lowest BCUT2D eigenvalue weighted by Gasteiger charge is -2.34. The summed E-state index contributed by atoms with van der Waals surface area (Å²) in [7, 11) is 0. The third-order valence-electron chi connectivity index (χ3n) is 2.19. The number of ether oxygens (including phenoxy) is 1. The van der Waals surface area contributed by atoms with Crippen LogP contribution in [0.3, 0.4) is 0 Å². The van der Waals surface area contributed by atoms with Crippen LogP contribution in [0.15, 0.2) is 0 Å². The number of rotatable bonds is 2. The van der Waals surface area contributed by atoms with Crippen LogP contribution in [-0.2, 0) is 9.53 Å². The Morgan fingerprint density at radius 3 is 2.43 bits per heavy atom. The van der Waals surface area contributed by atoms with Crippen LogP contribution in [0.25, 0.3) is 0 Å². The molecule has 14 heavy (non-hydrogen) atoms. The van der Waals surface area contributed by atoms with Gasteiger partial charge in [-0.3, -0.25) is 4.79 Å². The van der Waals surface area contributed by atoms with Gasteiger partial charge in [0, 0.05) is 0 Å². The highest BCUT2D eigenvalue weighted by Crippen LogP contribution is 2.17. The van der Waals surface area contributed by atoms with Crippen LogP contribution >= 0.6 is 0 Å². The van der Waals surface area contributed by atoms with E-state index in [4.69, 9.17) is 14.9 Å². The number of Topliss-reactive ketones (excluding diaryl/α,β-unsaturated/α-hetero) is 1. The minimum atomic E-state index is -1.50. The van der Waals surface area contributed by atoms with Crippen LogP contribution in [0, 0.1) is 0 Å². The van der Waals surface area contributed by atoms with Gasteiger partial charge in [-0.1, -0.05) is 0 Å². The van der Waals surface area contributed by atoms with E-state index in [0.29, 0.717) is 0 Å². The second-order valence-electron chi connectivity index (χ2n) is 3.38. The molecule has 0 saturated carbocycles. The van der Waals surface area contributed by atoms with Gasteiger partial charge in [0.25, 0.3) is 0 Å². The van der Waals surface area contributed by atoms with Crippen molar-refractivity contribution >= 4 is 5.78 Å². The lowest BCUT2D eigenvalue weighted by atomic mass is 9.95. The maximum atomic E-state index is 11.2. The predicted molar refractivity (Wildman–Crippen MR) is 44.4 cm³/mol. The SMILES string of the molecule is CC(O)C(=O)[C@H]1OC[C@@H](O)[C@@H](O)[C@@H]1O. The molecule has 0 bridgehead atoms. The molecule has 0 spiro atoms. The number of aliphatic hydroxyl groups excluding tert-OH is 4. The third-order valence-corrected chi connectivity index (χ3v) is 2.19. The summed E-state index contributed by atoms with van der Waals surface area (Å²) in [6.45, 7) is 1.01. The van der Waals surface area contributed by atoms with Gasteiger partial charge in [0.1, 0.15) is 30.5 Å². The van der Waals surface area contributed by atoms with E-state index in [9.17, 15) is 15.0 Å². The molecule has 6 heteroatoms. The molecule has 82 valence electrons. The minimum absolute atomic E-state index is 0.235. The summed E-state index contributed by atoms with van der Waals surface area (Å²) < 4.78 is 4.83. The van der Waals surface area contributed by atoms with Crippen molar-refractivity contribution < 1.29 is 30.0 Å². The smallest absolute Gasteiger partial charge is 0.192 e. The molecule has 0 amide bonds. The molecule has 1 heterocycles. The van der Waals surface area contributed by atoms with E-state index in [2.05, 4.69) is 0 Å². The van der Waals surface area contributed by atoms with Crippen molar-refractivity contribution in [2.24, 2.45) is 0 Å². The van der Waals surface area contributed by atoms with Gasteiger partial charge in [0.15, 0.2) is 5.78 Å². The summed E-state index contributed by atoms with van der Waals surface area (Å²) in [4.78, 5) is 11.2. The molecule has 5 atom stereocenters. The van der Waals surface area contributed by atoms with E-state index in [0.717, 1.165) is 0 Å². The fourth-order valence-corrected chi connectivity index (χ4v) is 1.29. The highest BCUT2D eigenvalue weighted by Gasteiger charge is 2.42. The van der Waals surface area contributed by atoms with Crippen molar-refractivity contribution in [3.8, 4) is 0 Å². The fourth-order valence-electron chi connectivity index (χ4n) is 1.29. The van der Waals surface area contributed by atoms with Crippen molar-refractivity contribution in [1.29, 1.82) is 0 Å². The molecule has 1 saturated heterocycles. The summed E-state index contributed by atoms with van der Waals surface area (Å²) >= 11 is 0. The van der Waals surface area contributed by atoms with Crippen LogP contribution in [0.1, 0.15) is 6.92 Å². The zero-order valence-corrected chi connectivity index (χ0v) is 7.70. The molecule has 4 N–H and O–H groups in total.